The molecule has 0 aliphatic carbocycles. The number of hydrogen-bond acceptors (Lipinski definition) is 8. The van der Waals surface area contributed by atoms with Crippen molar-refractivity contribution in [1.29, 1.82) is 0 Å². The summed E-state index contributed by atoms with van der Waals surface area (Å²) in [6.07, 6.45) is 3.93. The highest BCUT2D eigenvalue weighted by molar-refractivity contribution is 5.85. The molecule has 0 bridgehead atoms. The van der Waals surface area contributed by atoms with Gasteiger partial charge in [0.2, 0.25) is 0 Å². The van der Waals surface area contributed by atoms with E-state index in [0.29, 0.717) is 51.5 Å². The average molecular weight is 586 g/mol. The maximum absolute atomic E-state index is 13.4. The third-order valence-corrected chi connectivity index (χ3v) is 8.74. The number of hydrogen-bond donors (Lipinski definition) is 2. The molecule has 1 aromatic heterocycles. The number of aliphatic hydroxyl groups excluding tert-OH is 2. The molecule has 2 N–H and O–H groups in total. The first-order chi connectivity index (χ1) is 20.4. The Morgan fingerprint density at radius 3 is 2.43 bits per heavy atom. The van der Waals surface area contributed by atoms with Gasteiger partial charge in [-0.3, -0.25) is 14.8 Å². The van der Waals surface area contributed by atoms with Gasteiger partial charge in [-0.2, -0.15) is 0 Å². The van der Waals surface area contributed by atoms with Crippen molar-refractivity contribution in [3.05, 3.63) is 65.4 Å². The van der Waals surface area contributed by atoms with Gasteiger partial charge in [-0.15, -0.1) is 0 Å². The first kappa shape index (κ1) is 30.6. The molecule has 2 aromatic carbocycles. The number of halogens is 2. The van der Waals surface area contributed by atoms with Crippen LogP contribution in [0.1, 0.15) is 42.9 Å². The molecule has 1 atom stereocenters. The maximum atomic E-state index is 13.4. The molecular formula is C32H41F2N3O5. The number of likely N-dealkylation sites (tertiary alicyclic amines) is 1. The topological polar surface area (TPSA) is 87.5 Å². The molecule has 8 nitrogen and oxygen atoms in total. The summed E-state index contributed by atoms with van der Waals surface area (Å²) in [5.74, 6) is -0.431. The van der Waals surface area contributed by atoms with Gasteiger partial charge in [0.25, 0.3) is 0 Å². The highest BCUT2D eigenvalue weighted by atomic mass is 19.1. The third-order valence-electron chi connectivity index (χ3n) is 8.74. The van der Waals surface area contributed by atoms with E-state index in [-0.39, 0.29) is 17.8 Å². The van der Waals surface area contributed by atoms with Gasteiger partial charge in [-0.05, 0) is 73.5 Å². The van der Waals surface area contributed by atoms with Crippen molar-refractivity contribution in [3.8, 4) is 11.5 Å². The summed E-state index contributed by atoms with van der Waals surface area (Å²) in [6, 6.07) is 8.92. The van der Waals surface area contributed by atoms with Crippen molar-refractivity contribution in [1.82, 2.24) is 14.8 Å². The Labute approximate surface area is 245 Å². The average Bonchev–Trinajstić information content (AvgIpc) is 3.00. The largest absolute Gasteiger partial charge is 0.497 e. The third kappa shape index (κ3) is 7.54. The van der Waals surface area contributed by atoms with Crippen molar-refractivity contribution in [2.75, 3.05) is 66.3 Å². The Bertz CT molecular complexity index is 1310. The van der Waals surface area contributed by atoms with E-state index in [1.807, 2.05) is 24.4 Å². The Kier molecular flexibility index (Phi) is 10.2. The predicted octanol–water partition coefficient (Wildman–Crippen LogP) is 4.32. The molecule has 2 saturated heterocycles. The number of ether oxygens (including phenoxy) is 3. The first-order valence-electron chi connectivity index (χ1n) is 14.7. The minimum atomic E-state index is -0.722. The van der Waals surface area contributed by atoms with Crippen LogP contribution in [0.4, 0.5) is 8.78 Å². The van der Waals surface area contributed by atoms with E-state index in [1.54, 1.807) is 7.11 Å². The number of piperidine rings is 1. The summed E-state index contributed by atoms with van der Waals surface area (Å²) >= 11 is 0. The Morgan fingerprint density at radius 1 is 1.00 bits per heavy atom. The van der Waals surface area contributed by atoms with Crippen molar-refractivity contribution in [2.24, 2.45) is 5.41 Å². The highest BCUT2D eigenvalue weighted by Gasteiger charge is 2.35. The van der Waals surface area contributed by atoms with Gasteiger partial charge < -0.3 is 24.4 Å². The normalized spacial score (nSPS) is 18.7. The Balaban J connectivity index is 1.22. The van der Waals surface area contributed by atoms with Crippen LogP contribution in [0.15, 0.2) is 42.6 Å². The summed E-state index contributed by atoms with van der Waals surface area (Å²) in [4.78, 5) is 9.25. The number of pyridine rings is 1. The Hall–Kier alpha value is -2.89. The van der Waals surface area contributed by atoms with E-state index in [0.717, 1.165) is 67.1 Å². The standard InChI is InChI=1S/C32H41F2N3O5/c1-40-26-2-3-29-28(19-26)31(23(20-35-29)21-37-10-13-41-14-11-37)30(39)4-5-32(22-38)6-8-36(9-7-32)12-15-42-27-17-24(33)16-25(34)18-27/h2-3,16-20,30,38-39H,4-15,21-22H2,1H3/t30-/m1/s1. The predicted molar refractivity (Wildman–Crippen MR) is 156 cm³/mol. The fourth-order valence-corrected chi connectivity index (χ4v) is 6.11. The number of aromatic nitrogens is 1. The van der Waals surface area contributed by atoms with Crippen LogP contribution in [0.2, 0.25) is 0 Å². The summed E-state index contributed by atoms with van der Waals surface area (Å²) in [5.41, 5.74) is 2.40. The molecule has 0 saturated carbocycles. The van der Waals surface area contributed by atoms with E-state index in [1.165, 1.54) is 12.1 Å². The smallest absolute Gasteiger partial charge is 0.129 e. The molecule has 3 heterocycles. The lowest BCUT2D eigenvalue weighted by molar-refractivity contribution is 0.0199. The van der Waals surface area contributed by atoms with Crippen molar-refractivity contribution < 1.29 is 33.2 Å². The fourth-order valence-electron chi connectivity index (χ4n) is 6.11. The quantitative estimate of drug-likeness (QED) is 0.325. The molecule has 228 valence electrons. The molecule has 0 radical (unpaired) electrons. The van der Waals surface area contributed by atoms with Crippen LogP contribution in [0.25, 0.3) is 10.9 Å². The van der Waals surface area contributed by atoms with Crippen molar-refractivity contribution in [3.63, 3.8) is 0 Å². The fraction of sp³-hybridized carbons (Fsp3) is 0.531. The van der Waals surface area contributed by atoms with Crippen LogP contribution in [0.5, 0.6) is 11.5 Å². The Morgan fingerprint density at radius 2 is 1.74 bits per heavy atom. The summed E-state index contributed by atoms with van der Waals surface area (Å²) < 4.78 is 43.4. The molecule has 0 unspecified atom stereocenters. The van der Waals surface area contributed by atoms with Crippen LogP contribution >= 0.6 is 0 Å². The SMILES string of the molecule is COc1ccc2ncc(CN3CCOCC3)c([C@H](O)CCC3(CO)CCN(CCOc4cc(F)cc(F)c4)CC3)c2c1. The number of aliphatic hydroxyl groups is 2. The van der Waals surface area contributed by atoms with Crippen LogP contribution in [-0.2, 0) is 11.3 Å². The molecule has 2 aliphatic rings. The number of rotatable bonds is 12. The van der Waals surface area contributed by atoms with E-state index in [2.05, 4.69) is 14.8 Å². The number of benzene rings is 2. The van der Waals surface area contributed by atoms with Gasteiger partial charge >= 0.3 is 0 Å². The molecule has 2 aliphatic heterocycles. The molecule has 42 heavy (non-hydrogen) atoms. The molecule has 5 rings (SSSR count). The molecule has 2 fully saturated rings. The molecule has 0 amide bonds. The minimum Gasteiger partial charge on any atom is -0.497 e. The van der Waals surface area contributed by atoms with Gasteiger partial charge in [-0.1, -0.05) is 0 Å². The molecule has 10 heteroatoms. The lowest BCUT2D eigenvalue weighted by Crippen LogP contribution is -2.43. The second-order valence-corrected chi connectivity index (χ2v) is 11.5. The zero-order chi connectivity index (χ0) is 29.5. The van der Waals surface area contributed by atoms with E-state index < -0.39 is 17.7 Å². The van der Waals surface area contributed by atoms with Gasteiger partial charge in [0, 0.05) is 62.6 Å². The second-order valence-electron chi connectivity index (χ2n) is 11.5. The molecular weight excluding hydrogens is 544 g/mol. The number of fused-ring (bicyclic) bond motifs is 1. The number of morpholine rings is 1. The lowest BCUT2D eigenvalue weighted by atomic mass is 9.74. The van der Waals surface area contributed by atoms with Crippen molar-refractivity contribution in [2.45, 2.75) is 38.3 Å². The molecule has 3 aromatic rings. The van der Waals surface area contributed by atoms with Gasteiger partial charge in [0.15, 0.2) is 0 Å². The maximum Gasteiger partial charge on any atom is 0.129 e. The van der Waals surface area contributed by atoms with E-state index in [4.69, 9.17) is 14.2 Å². The monoisotopic (exact) mass is 585 g/mol. The number of methoxy groups -OCH3 is 1. The second kappa shape index (κ2) is 14.1. The highest BCUT2D eigenvalue weighted by Crippen LogP contribution is 2.40. The summed E-state index contributed by atoms with van der Waals surface area (Å²) in [6.45, 7) is 6.27. The van der Waals surface area contributed by atoms with Crippen LogP contribution in [0, 0.1) is 17.0 Å². The van der Waals surface area contributed by atoms with E-state index in [9.17, 15) is 19.0 Å². The zero-order valence-corrected chi connectivity index (χ0v) is 24.2. The van der Waals surface area contributed by atoms with Gasteiger partial charge in [-0.25, -0.2) is 8.78 Å². The minimum absolute atomic E-state index is 0.0537. The zero-order valence-electron chi connectivity index (χ0n) is 24.2. The lowest BCUT2D eigenvalue weighted by Gasteiger charge is -2.41. The van der Waals surface area contributed by atoms with Crippen LogP contribution < -0.4 is 9.47 Å². The summed E-state index contributed by atoms with van der Waals surface area (Å²) in [7, 11) is 1.63. The molecule has 0 spiro atoms. The van der Waals surface area contributed by atoms with E-state index >= 15 is 0 Å². The number of nitrogens with zero attached hydrogens (tertiary/aromatic N) is 3. The van der Waals surface area contributed by atoms with Crippen LogP contribution in [-0.4, -0.2) is 91.3 Å². The first-order valence-corrected chi connectivity index (χ1v) is 14.7. The van der Waals surface area contributed by atoms with Crippen LogP contribution in [0.3, 0.4) is 0 Å². The summed E-state index contributed by atoms with van der Waals surface area (Å²) in [5, 5.41) is 23.0. The van der Waals surface area contributed by atoms with Gasteiger partial charge in [0.05, 0.1) is 31.9 Å². The van der Waals surface area contributed by atoms with Gasteiger partial charge in [0.1, 0.15) is 29.7 Å². The van der Waals surface area contributed by atoms with Crippen molar-refractivity contribution >= 4 is 10.9 Å².